The Morgan fingerprint density at radius 3 is 2.53 bits per heavy atom. The van der Waals surface area contributed by atoms with Gasteiger partial charge in [0.15, 0.2) is 11.5 Å². The third kappa shape index (κ3) is 3.57. The molecule has 0 aliphatic carbocycles. The lowest BCUT2D eigenvalue weighted by atomic mass is 10.3. The molecule has 1 aromatic carbocycles. The van der Waals surface area contributed by atoms with Crippen LogP contribution in [0, 0.1) is 0 Å². The average Bonchev–Trinajstić information content (AvgIpc) is 2.09. The van der Waals surface area contributed by atoms with Gasteiger partial charge in [0.05, 0.1) is 6.61 Å². The monoisotopic (exact) mass is 222 g/mol. The number of phenols is 1. The molecule has 84 valence electrons. The Labute approximate surface area is 84.0 Å². The third-order valence-electron chi connectivity index (χ3n) is 1.47. The van der Waals surface area contributed by atoms with Crippen LogP contribution in [0.15, 0.2) is 18.2 Å². The van der Waals surface area contributed by atoms with Gasteiger partial charge in [-0.3, -0.25) is 0 Å². The van der Waals surface area contributed by atoms with Crippen molar-refractivity contribution in [2.24, 2.45) is 0 Å². The fraction of sp³-hybridized carbons (Fsp3) is 0.333. The van der Waals surface area contributed by atoms with Gasteiger partial charge in [-0.1, -0.05) is 0 Å². The molecule has 0 unspecified atom stereocenters. The van der Waals surface area contributed by atoms with Crippen molar-refractivity contribution < 1.29 is 27.8 Å². The summed E-state index contributed by atoms with van der Waals surface area (Å²) in [5.41, 5.74) is 0. The van der Waals surface area contributed by atoms with Crippen LogP contribution in [0.25, 0.3) is 0 Å². The molecular formula is C9H9F3O3. The molecule has 0 heterocycles. The summed E-state index contributed by atoms with van der Waals surface area (Å²) >= 11 is 0. The van der Waals surface area contributed by atoms with Gasteiger partial charge in [0.1, 0.15) is 5.75 Å². The Morgan fingerprint density at radius 2 is 2.00 bits per heavy atom. The molecule has 0 atom stereocenters. The molecule has 6 heteroatoms. The van der Waals surface area contributed by atoms with Crippen LogP contribution in [0.1, 0.15) is 6.92 Å². The Balaban J connectivity index is 2.90. The van der Waals surface area contributed by atoms with E-state index in [2.05, 4.69) is 4.74 Å². The lowest BCUT2D eigenvalue weighted by Crippen LogP contribution is -2.17. The molecule has 1 rings (SSSR count). The van der Waals surface area contributed by atoms with Gasteiger partial charge >= 0.3 is 6.36 Å². The quantitative estimate of drug-likeness (QED) is 0.854. The smallest absolute Gasteiger partial charge is 0.504 e. The number of hydrogen-bond donors (Lipinski definition) is 1. The molecule has 15 heavy (non-hydrogen) atoms. The van der Waals surface area contributed by atoms with Crippen LogP contribution < -0.4 is 9.47 Å². The molecule has 0 amide bonds. The van der Waals surface area contributed by atoms with Crippen molar-refractivity contribution in [1.82, 2.24) is 0 Å². The number of hydrogen-bond acceptors (Lipinski definition) is 3. The molecule has 0 bridgehead atoms. The van der Waals surface area contributed by atoms with Gasteiger partial charge in [0, 0.05) is 6.07 Å². The molecule has 0 aromatic heterocycles. The second-order valence-corrected chi connectivity index (χ2v) is 2.61. The van der Waals surface area contributed by atoms with Crippen molar-refractivity contribution in [1.29, 1.82) is 0 Å². The van der Waals surface area contributed by atoms with E-state index in [1.165, 1.54) is 6.07 Å². The summed E-state index contributed by atoms with van der Waals surface area (Å²) in [6.07, 6.45) is -4.83. The van der Waals surface area contributed by atoms with Gasteiger partial charge in [-0.15, -0.1) is 13.2 Å². The highest BCUT2D eigenvalue weighted by molar-refractivity contribution is 5.44. The van der Waals surface area contributed by atoms with Crippen molar-refractivity contribution in [2.75, 3.05) is 6.61 Å². The minimum Gasteiger partial charge on any atom is -0.504 e. The van der Waals surface area contributed by atoms with Gasteiger partial charge in [-0.2, -0.15) is 0 Å². The molecule has 1 aromatic rings. The standard InChI is InChI=1S/C9H9F3O3/c1-2-14-6-3-4-7(13)8(5-6)15-9(10,11)12/h3-5,13H,2H2,1H3. The molecule has 0 radical (unpaired) electrons. The number of benzene rings is 1. The van der Waals surface area contributed by atoms with Crippen LogP contribution in [-0.2, 0) is 0 Å². The normalized spacial score (nSPS) is 11.2. The van der Waals surface area contributed by atoms with E-state index < -0.39 is 17.9 Å². The van der Waals surface area contributed by atoms with Crippen molar-refractivity contribution in [3.8, 4) is 17.2 Å². The molecule has 0 aliphatic heterocycles. The van der Waals surface area contributed by atoms with Gasteiger partial charge in [-0.25, -0.2) is 0 Å². The Hall–Kier alpha value is -1.59. The highest BCUT2D eigenvalue weighted by atomic mass is 19.4. The SMILES string of the molecule is CCOc1ccc(O)c(OC(F)(F)F)c1. The van der Waals surface area contributed by atoms with Crippen LogP contribution in [0.3, 0.4) is 0 Å². The average molecular weight is 222 g/mol. The number of ether oxygens (including phenoxy) is 2. The van der Waals surface area contributed by atoms with Crippen LogP contribution in [0.4, 0.5) is 13.2 Å². The van der Waals surface area contributed by atoms with Crippen LogP contribution in [0.2, 0.25) is 0 Å². The van der Waals surface area contributed by atoms with Gasteiger partial charge in [0.25, 0.3) is 0 Å². The Kier molecular flexibility index (Phi) is 3.28. The summed E-state index contributed by atoms with van der Waals surface area (Å²) in [7, 11) is 0. The maximum atomic E-state index is 11.9. The van der Waals surface area contributed by atoms with Crippen molar-refractivity contribution >= 4 is 0 Å². The van der Waals surface area contributed by atoms with E-state index in [0.717, 1.165) is 12.1 Å². The predicted molar refractivity (Wildman–Crippen MR) is 46.0 cm³/mol. The zero-order valence-corrected chi connectivity index (χ0v) is 7.84. The highest BCUT2D eigenvalue weighted by Gasteiger charge is 2.32. The maximum absolute atomic E-state index is 11.9. The molecule has 3 nitrogen and oxygen atoms in total. The van der Waals surface area contributed by atoms with E-state index in [1.54, 1.807) is 6.92 Å². The first kappa shape index (κ1) is 11.5. The number of aromatic hydroxyl groups is 1. The fourth-order valence-electron chi connectivity index (χ4n) is 0.957. The highest BCUT2D eigenvalue weighted by Crippen LogP contribution is 2.34. The topological polar surface area (TPSA) is 38.7 Å². The summed E-state index contributed by atoms with van der Waals surface area (Å²) in [5, 5.41) is 9.09. The van der Waals surface area contributed by atoms with Gasteiger partial charge in [-0.05, 0) is 19.1 Å². The summed E-state index contributed by atoms with van der Waals surface area (Å²) in [6, 6.07) is 3.40. The molecule has 0 fully saturated rings. The Morgan fingerprint density at radius 1 is 1.33 bits per heavy atom. The minimum absolute atomic E-state index is 0.203. The first-order chi connectivity index (χ1) is 6.92. The lowest BCUT2D eigenvalue weighted by molar-refractivity contribution is -0.275. The third-order valence-corrected chi connectivity index (χ3v) is 1.47. The zero-order valence-electron chi connectivity index (χ0n) is 7.84. The fourth-order valence-corrected chi connectivity index (χ4v) is 0.957. The van der Waals surface area contributed by atoms with Crippen LogP contribution in [-0.4, -0.2) is 18.1 Å². The van der Waals surface area contributed by atoms with Crippen molar-refractivity contribution in [2.45, 2.75) is 13.3 Å². The molecule has 0 aliphatic rings. The number of rotatable bonds is 3. The number of phenolic OH excluding ortho intramolecular Hbond substituents is 1. The summed E-state index contributed by atoms with van der Waals surface area (Å²) in [5.74, 6) is -1.06. The second kappa shape index (κ2) is 4.29. The second-order valence-electron chi connectivity index (χ2n) is 2.61. The number of alkyl halides is 3. The van der Waals surface area contributed by atoms with E-state index in [0.29, 0.717) is 6.61 Å². The Bertz CT molecular complexity index is 336. The molecule has 0 saturated carbocycles. The van der Waals surface area contributed by atoms with Crippen molar-refractivity contribution in [3.63, 3.8) is 0 Å². The largest absolute Gasteiger partial charge is 0.573 e. The molecule has 1 N–H and O–H groups in total. The molecule has 0 spiro atoms. The lowest BCUT2D eigenvalue weighted by Gasteiger charge is -2.11. The molecular weight excluding hydrogens is 213 g/mol. The van der Waals surface area contributed by atoms with E-state index >= 15 is 0 Å². The van der Waals surface area contributed by atoms with E-state index in [1.807, 2.05) is 0 Å². The van der Waals surface area contributed by atoms with E-state index in [9.17, 15) is 13.2 Å². The van der Waals surface area contributed by atoms with Gasteiger partial charge in [0.2, 0.25) is 0 Å². The summed E-state index contributed by atoms with van der Waals surface area (Å²) in [6.45, 7) is 2.01. The minimum atomic E-state index is -4.83. The van der Waals surface area contributed by atoms with Crippen LogP contribution >= 0.6 is 0 Å². The first-order valence-electron chi connectivity index (χ1n) is 4.14. The van der Waals surface area contributed by atoms with E-state index in [-0.39, 0.29) is 5.75 Å². The summed E-state index contributed by atoms with van der Waals surface area (Å²) in [4.78, 5) is 0. The zero-order chi connectivity index (χ0) is 11.5. The van der Waals surface area contributed by atoms with Gasteiger partial charge < -0.3 is 14.6 Å². The van der Waals surface area contributed by atoms with Crippen molar-refractivity contribution in [3.05, 3.63) is 18.2 Å². The molecule has 0 saturated heterocycles. The van der Waals surface area contributed by atoms with Crippen LogP contribution in [0.5, 0.6) is 17.2 Å². The van der Waals surface area contributed by atoms with E-state index in [4.69, 9.17) is 9.84 Å². The number of halogens is 3. The first-order valence-corrected chi connectivity index (χ1v) is 4.14. The maximum Gasteiger partial charge on any atom is 0.573 e. The predicted octanol–water partition coefficient (Wildman–Crippen LogP) is 2.69. The summed E-state index contributed by atoms with van der Waals surface area (Å²) < 4.78 is 44.1.